The molecule has 7 nitrogen and oxygen atoms in total. The third-order valence-corrected chi connectivity index (χ3v) is 4.42. The number of aromatic nitrogens is 6. The Morgan fingerprint density at radius 2 is 1.96 bits per heavy atom. The third kappa shape index (κ3) is 3.70. The van der Waals surface area contributed by atoms with E-state index in [-0.39, 0.29) is 6.54 Å². The van der Waals surface area contributed by atoms with Crippen LogP contribution in [0.4, 0.5) is 0 Å². The Hall–Kier alpha value is -2.87. The summed E-state index contributed by atoms with van der Waals surface area (Å²) in [5.74, 6) is 1.65. The highest BCUT2D eigenvalue weighted by molar-refractivity contribution is 9.10. The second-order valence-electron chi connectivity index (χ2n) is 5.86. The molecule has 2 aromatic carbocycles. The average molecular weight is 411 g/mol. The van der Waals surface area contributed by atoms with Gasteiger partial charge in [0, 0.05) is 16.5 Å². The van der Waals surface area contributed by atoms with Crippen LogP contribution >= 0.6 is 15.9 Å². The van der Waals surface area contributed by atoms with Gasteiger partial charge in [-0.2, -0.15) is 9.78 Å². The summed E-state index contributed by atoms with van der Waals surface area (Å²) in [5.41, 5.74) is 3.25. The Balaban J connectivity index is 1.46. The minimum atomic E-state index is 0.284. The lowest BCUT2D eigenvalue weighted by Crippen LogP contribution is -2.04. The molecule has 0 atom stereocenters. The zero-order valence-electron chi connectivity index (χ0n) is 14.0. The van der Waals surface area contributed by atoms with Crippen LogP contribution in [0.25, 0.3) is 11.4 Å². The lowest BCUT2D eigenvalue weighted by molar-refractivity contribution is 0.353. The van der Waals surface area contributed by atoms with Crippen LogP contribution < -0.4 is 0 Å². The lowest BCUT2D eigenvalue weighted by Gasteiger charge is -2.02. The van der Waals surface area contributed by atoms with Crippen LogP contribution in [0.2, 0.25) is 0 Å². The van der Waals surface area contributed by atoms with Crippen molar-refractivity contribution in [2.75, 3.05) is 0 Å². The molecule has 0 bridgehead atoms. The number of rotatable bonds is 5. The molecule has 0 aliphatic rings. The summed E-state index contributed by atoms with van der Waals surface area (Å²) in [7, 11) is 0. The molecular weight excluding hydrogens is 396 g/mol. The van der Waals surface area contributed by atoms with Gasteiger partial charge < -0.3 is 4.52 Å². The van der Waals surface area contributed by atoms with Crippen molar-refractivity contribution in [1.82, 2.24) is 30.3 Å². The van der Waals surface area contributed by atoms with E-state index in [4.69, 9.17) is 4.52 Å². The summed E-state index contributed by atoms with van der Waals surface area (Å²) in [6.07, 6.45) is 0.614. The van der Waals surface area contributed by atoms with Gasteiger partial charge in [0.1, 0.15) is 6.54 Å². The number of hydrogen-bond donors (Lipinski definition) is 0. The van der Waals surface area contributed by atoms with Gasteiger partial charge in [0.2, 0.25) is 11.7 Å². The Morgan fingerprint density at radius 3 is 2.77 bits per heavy atom. The standard InChI is InChI=1S/C18H15BrN6O/c1-12-9-15(19)8-7-14(12)10-16-20-17(26-23-16)11-25-22-18(21-24-25)13-5-3-2-4-6-13/h2-9H,10-11H2,1H3. The van der Waals surface area contributed by atoms with E-state index < -0.39 is 0 Å². The van der Waals surface area contributed by atoms with Crippen molar-refractivity contribution in [2.24, 2.45) is 0 Å². The summed E-state index contributed by atoms with van der Waals surface area (Å²) < 4.78 is 6.38. The highest BCUT2D eigenvalue weighted by atomic mass is 79.9. The molecule has 0 spiro atoms. The van der Waals surface area contributed by atoms with Crippen LogP contribution in [0.1, 0.15) is 22.8 Å². The summed E-state index contributed by atoms with van der Waals surface area (Å²) in [6.45, 7) is 2.34. The van der Waals surface area contributed by atoms with E-state index in [0.717, 1.165) is 15.6 Å². The Morgan fingerprint density at radius 1 is 1.12 bits per heavy atom. The average Bonchev–Trinajstić information content (AvgIpc) is 3.28. The van der Waals surface area contributed by atoms with Crippen molar-refractivity contribution >= 4 is 15.9 Å². The molecule has 4 aromatic rings. The molecule has 0 aliphatic heterocycles. The van der Waals surface area contributed by atoms with E-state index in [2.05, 4.69) is 60.5 Å². The van der Waals surface area contributed by atoms with Gasteiger partial charge in [-0.1, -0.05) is 57.5 Å². The molecule has 0 unspecified atom stereocenters. The Bertz CT molecular complexity index is 1030. The molecular formula is C18H15BrN6O. The van der Waals surface area contributed by atoms with Gasteiger partial charge in [-0.15, -0.1) is 10.2 Å². The van der Waals surface area contributed by atoms with Gasteiger partial charge in [0.15, 0.2) is 5.82 Å². The second kappa shape index (κ2) is 7.17. The second-order valence-corrected chi connectivity index (χ2v) is 6.78. The van der Waals surface area contributed by atoms with E-state index in [1.165, 1.54) is 10.4 Å². The minimum absolute atomic E-state index is 0.284. The van der Waals surface area contributed by atoms with Crippen molar-refractivity contribution in [3.05, 3.63) is 75.8 Å². The number of aryl methyl sites for hydroxylation is 1. The zero-order valence-corrected chi connectivity index (χ0v) is 15.6. The van der Waals surface area contributed by atoms with Gasteiger partial charge in [0.05, 0.1) is 0 Å². The summed E-state index contributed by atoms with van der Waals surface area (Å²) in [5, 5.41) is 16.5. The number of benzene rings is 2. The predicted octanol–water partition coefficient (Wildman–Crippen LogP) is 3.43. The maximum Gasteiger partial charge on any atom is 0.250 e. The molecule has 0 radical (unpaired) electrons. The highest BCUT2D eigenvalue weighted by Crippen LogP contribution is 2.18. The molecule has 2 heterocycles. The number of hydrogen-bond acceptors (Lipinski definition) is 6. The molecule has 26 heavy (non-hydrogen) atoms. The summed E-state index contributed by atoms with van der Waals surface area (Å²) in [6, 6.07) is 15.8. The molecule has 2 aromatic heterocycles. The maximum atomic E-state index is 5.32. The van der Waals surface area contributed by atoms with Gasteiger partial charge in [0.25, 0.3) is 0 Å². The Labute approximate surface area is 158 Å². The van der Waals surface area contributed by atoms with Crippen molar-refractivity contribution < 1.29 is 4.52 Å². The van der Waals surface area contributed by atoms with Gasteiger partial charge >= 0.3 is 0 Å². The third-order valence-electron chi connectivity index (χ3n) is 3.92. The molecule has 0 N–H and O–H groups in total. The van der Waals surface area contributed by atoms with E-state index in [1.54, 1.807) is 0 Å². The van der Waals surface area contributed by atoms with Crippen LogP contribution in [0.5, 0.6) is 0 Å². The monoisotopic (exact) mass is 410 g/mol. The highest BCUT2D eigenvalue weighted by Gasteiger charge is 2.12. The van der Waals surface area contributed by atoms with Crippen LogP contribution in [0, 0.1) is 6.92 Å². The van der Waals surface area contributed by atoms with Gasteiger partial charge in [-0.05, 0) is 35.4 Å². The molecule has 4 rings (SSSR count). The zero-order chi connectivity index (χ0) is 17.9. The summed E-state index contributed by atoms with van der Waals surface area (Å²) in [4.78, 5) is 5.88. The molecule has 0 saturated heterocycles. The van der Waals surface area contributed by atoms with Crippen LogP contribution in [0.3, 0.4) is 0 Å². The first-order chi connectivity index (χ1) is 12.7. The molecule has 0 aliphatic carbocycles. The molecule has 0 fully saturated rings. The first kappa shape index (κ1) is 16.6. The van der Waals surface area contributed by atoms with Crippen LogP contribution in [0.15, 0.2) is 57.5 Å². The number of halogens is 1. The van der Waals surface area contributed by atoms with E-state index >= 15 is 0 Å². The van der Waals surface area contributed by atoms with Gasteiger partial charge in [-0.3, -0.25) is 0 Å². The van der Waals surface area contributed by atoms with Crippen molar-refractivity contribution in [1.29, 1.82) is 0 Å². The summed E-state index contributed by atoms with van der Waals surface area (Å²) >= 11 is 3.47. The SMILES string of the molecule is Cc1cc(Br)ccc1Cc1noc(Cn2nnc(-c3ccccc3)n2)n1. The normalized spacial score (nSPS) is 11.0. The van der Waals surface area contributed by atoms with E-state index in [0.29, 0.717) is 24.0 Å². The largest absolute Gasteiger partial charge is 0.337 e. The van der Waals surface area contributed by atoms with Gasteiger partial charge in [-0.25, -0.2) is 0 Å². The molecule has 130 valence electrons. The lowest BCUT2D eigenvalue weighted by atomic mass is 10.1. The van der Waals surface area contributed by atoms with E-state index in [1.807, 2.05) is 36.4 Å². The fourth-order valence-corrected chi connectivity index (χ4v) is 3.06. The first-order valence-corrected chi connectivity index (χ1v) is 8.86. The fraction of sp³-hybridized carbons (Fsp3) is 0.167. The minimum Gasteiger partial charge on any atom is -0.337 e. The molecule has 8 heteroatoms. The van der Waals surface area contributed by atoms with E-state index in [9.17, 15) is 0 Å². The van der Waals surface area contributed by atoms with Crippen LogP contribution in [-0.2, 0) is 13.0 Å². The molecule has 0 amide bonds. The quantitative estimate of drug-likeness (QED) is 0.501. The topological polar surface area (TPSA) is 82.5 Å². The Kier molecular flexibility index (Phi) is 4.57. The smallest absolute Gasteiger partial charge is 0.250 e. The number of tetrazole rings is 1. The number of nitrogens with zero attached hydrogens (tertiary/aromatic N) is 6. The first-order valence-electron chi connectivity index (χ1n) is 8.07. The maximum absolute atomic E-state index is 5.32. The predicted molar refractivity (Wildman–Crippen MR) is 98.3 cm³/mol. The molecule has 0 saturated carbocycles. The van der Waals surface area contributed by atoms with Crippen molar-refractivity contribution in [3.8, 4) is 11.4 Å². The van der Waals surface area contributed by atoms with Crippen molar-refractivity contribution in [3.63, 3.8) is 0 Å². The fourth-order valence-electron chi connectivity index (χ4n) is 2.59. The van der Waals surface area contributed by atoms with Crippen molar-refractivity contribution in [2.45, 2.75) is 19.9 Å². The van der Waals surface area contributed by atoms with Crippen LogP contribution in [-0.4, -0.2) is 30.3 Å².